The van der Waals surface area contributed by atoms with E-state index in [1.165, 1.54) is 6.07 Å². The van der Waals surface area contributed by atoms with Crippen LogP contribution in [-0.4, -0.2) is 36.5 Å². The molecule has 3 rings (SSSR count). The predicted molar refractivity (Wildman–Crippen MR) is 66.6 cm³/mol. The van der Waals surface area contributed by atoms with Gasteiger partial charge in [0.2, 0.25) is 5.91 Å². The van der Waals surface area contributed by atoms with E-state index in [1.54, 1.807) is 18.2 Å². The summed E-state index contributed by atoms with van der Waals surface area (Å²) in [7, 11) is 0. The fraction of sp³-hybridized carbons (Fsp3) is 0.500. The van der Waals surface area contributed by atoms with Crippen molar-refractivity contribution in [2.45, 2.75) is 18.9 Å². The molecule has 0 saturated carbocycles. The van der Waals surface area contributed by atoms with E-state index in [0.717, 1.165) is 26.1 Å². The molecule has 2 heterocycles. The molecule has 0 bridgehead atoms. The Hall–Kier alpha value is -1.42. The fourth-order valence-corrected chi connectivity index (χ4v) is 2.97. The van der Waals surface area contributed by atoms with Crippen LogP contribution in [0.4, 0.5) is 4.39 Å². The Morgan fingerprint density at radius 2 is 2.22 bits per heavy atom. The van der Waals surface area contributed by atoms with Crippen molar-refractivity contribution in [3.63, 3.8) is 0 Å². The molecule has 2 fully saturated rings. The molecular formula is C14H17FN2O. The molecule has 18 heavy (non-hydrogen) atoms. The molecule has 0 radical (unpaired) electrons. The molecule has 0 aromatic heterocycles. The molecule has 2 aliphatic heterocycles. The van der Waals surface area contributed by atoms with Crippen molar-refractivity contribution < 1.29 is 9.18 Å². The SMILES string of the molecule is O=C(Cc1ccccc1F)N1C[C@@H]2CCN[C@@H]2C1. The third-order valence-corrected chi connectivity index (χ3v) is 4.01. The lowest BCUT2D eigenvalue weighted by molar-refractivity contribution is -0.129. The van der Waals surface area contributed by atoms with Crippen LogP contribution in [0.15, 0.2) is 24.3 Å². The Labute approximate surface area is 106 Å². The molecular weight excluding hydrogens is 231 g/mol. The molecule has 2 atom stereocenters. The van der Waals surface area contributed by atoms with Gasteiger partial charge in [0.15, 0.2) is 0 Å². The van der Waals surface area contributed by atoms with Gasteiger partial charge in [-0.15, -0.1) is 0 Å². The van der Waals surface area contributed by atoms with Gasteiger partial charge in [-0.3, -0.25) is 4.79 Å². The second-order valence-electron chi connectivity index (χ2n) is 5.18. The standard InChI is InChI=1S/C14H17FN2O/c15-12-4-2-1-3-10(12)7-14(18)17-8-11-5-6-16-13(11)9-17/h1-4,11,13,16H,5-9H2/t11-,13+/m0/s1. The van der Waals surface area contributed by atoms with E-state index in [4.69, 9.17) is 0 Å². The second-order valence-corrected chi connectivity index (χ2v) is 5.18. The molecule has 96 valence electrons. The fourth-order valence-electron chi connectivity index (χ4n) is 2.97. The number of benzene rings is 1. The molecule has 1 aromatic rings. The summed E-state index contributed by atoms with van der Waals surface area (Å²) < 4.78 is 13.5. The van der Waals surface area contributed by atoms with Crippen molar-refractivity contribution in [2.75, 3.05) is 19.6 Å². The highest BCUT2D eigenvalue weighted by molar-refractivity contribution is 5.79. The Bertz CT molecular complexity index is 451. The number of hydrogen-bond acceptors (Lipinski definition) is 2. The van der Waals surface area contributed by atoms with E-state index < -0.39 is 0 Å². The number of halogens is 1. The molecule has 2 aliphatic rings. The first-order chi connectivity index (χ1) is 8.74. The quantitative estimate of drug-likeness (QED) is 0.852. The lowest BCUT2D eigenvalue weighted by atomic mass is 10.1. The number of fused-ring (bicyclic) bond motifs is 1. The van der Waals surface area contributed by atoms with Crippen LogP contribution >= 0.6 is 0 Å². The summed E-state index contributed by atoms with van der Waals surface area (Å²) in [5, 5.41) is 3.41. The van der Waals surface area contributed by atoms with E-state index in [1.807, 2.05) is 4.90 Å². The number of likely N-dealkylation sites (tertiary alicyclic amines) is 1. The zero-order valence-corrected chi connectivity index (χ0v) is 10.2. The van der Waals surface area contributed by atoms with Gasteiger partial charge < -0.3 is 10.2 Å². The molecule has 1 aromatic carbocycles. The molecule has 0 unspecified atom stereocenters. The highest BCUT2D eigenvalue weighted by Crippen LogP contribution is 2.25. The smallest absolute Gasteiger partial charge is 0.227 e. The van der Waals surface area contributed by atoms with Gasteiger partial charge in [0.05, 0.1) is 6.42 Å². The van der Waals surface area contributed by atoms with E-state index in [0.29, 0.717) is 17.5 Å². The molecule has 4 heteroatoms. The van der Waals surface area contributed by atoms with Crippen LogP contribution in [0.2, 0.25) is 0 Å². The minimum absolute atomic E-state index is 0.0382. The summed E-state index contributed by atoms with van der Waals surface area (Å²) in [6.45, 7) is 2.66. The predicted octanol–water partition coefficient (Wildman–Crippen LogP) is 1.19. The summed E-state index contributed by atoms with van der Waals surface area (Å²) in [6.07, 6.45) is 1.32. The van der Waals surface area contributed by atoms with Gasteiger partial charge in [0.1, 0.15) is 5.82 Å². The minimum Gasteiger partial charge on any atom is -0.340 e. The summed E-state index contributed by atoms with van der Waals surface area (Å²) in [6, 6.07) is 6.96. The third-order valence-electron chi connectivity index (χ3n) is 4.01. The van der Waals surface area contributed by atoms with Gasteiger partial charge in [-0.1, -0.05) is 18.2 Å². The van der Waals surface area contributed by atoms with Gasteiger partial charge in [-0.2, -0.15) is 0 Å². The van der Waals surface area contributed by atoms with Gasteiger partial charge in [0, 0.05) is 19.1 Å². The first kappa shape index (κ1) is 11.7. The van der Waals surface area contributed by atoms with Crippen molar-refractivity contribution in [3.8, 4) is 0 Å². The minimum atomic E-state index is -0.289. The lowest BCUT2D eigenvalue weighted by Crippen LogP contribution is -2.34. The Morgan fingerprint density at radius 1 is 1.39 bits per heavy atom. The first-order valence-electron chi connectivity index (χ1n) is 6.48. The Kier molecular flexibility index (Phi) is 3.04. The Morgan fingerprint density at radius 3 is 3.00 bits per heavy atom. The summed E-state index contributed by atoms with van der Waals surface area (Å²) in [5.74, 6) is 0.342. The molecule has 3 nitrogen and oxygen atoms in total. The van der Waals surface area contributed by atoms with Crippen molar-refractivity contribution in [1.29, 1.82) is 0 Å². The van der Waals surface area contributed by atoms with Crippen molar-refractivity contribution in [3.05, 3.63) is 35.6 Å². The zero-order chi connectivity index (χ0) is 12.5. The van der Waals surface area contributed by atoms with Crippen LogP contribution in [-0.2, 0) is 11.2 Å². The zero-order valence-electron chi connectivity index (χ0n) is 10.2. The van der Waals surface area contributed by atoms with Crippen LogP contribution in [0.1, 0.15) is 12.0 Å². The second kappa shape index (κ2) is 4.69. The topological polar surface area (TPSA) is 32.3 Å². The maximum absolute atomic E-state index is 13.5. The van der Waals surface area contributed by atoms with Crippen LogP contribution in [0.3, 0.4) is 0 Å². The maximum atomic E-state index is 13.5. The number of carbonyl (C=O) groups excluding carboxylic acids is 1. The summed E-state index contributed by atoms with van der Waals surface area (Å²) in [4.78, 5) is 14.0. The van der Waals surface area contributed by atoms with Crippen LogP contribution in [0.25, 0.3) is 0 Å². The molecule has 1 N–H and O–H groups in total. The van der Waals surface area contributed by atoms with Gasteiger partial charge in [-0.25, -0.2) is 4.39 Å². The average molecular weight is 248 g/mol. The summed E-state index contributed by atoms with van der Waals surface area (Å²) >= 11 is 0. The van der Waals surface area contributed by atoms with Crippen molar-refractivity contribution in [2.24, 2.45) is 5.92 Å². The number of hydrogen-bond donors (Lipinski definition) is 1. The van der Waals surface area contributed by atoms with E-state index in [9.17, 15) is 9.18 Å². The molecule has 0 aliphatic carbocycles. The maximum Gasteiger partial charge on any atom is 0.227 e. The average Bonchev–Trinajstić information content (AvgIpc) is 2.92. The van der Waals surface area contributed by atoms with Crippen molar-refractivity contribution in [1.82, 2.24) is 10.2 Å². The lowest BCUT2D eigenvalue weighted by Gasteiger charge is -2.17. The number of nitrogens with one attached hydrogen (secondary N) is 1. The summed E-state index contributed by atoms with van der Waals surface area (Å²) in [5.41, 5.74) is 0.493. The third kappa shape index (κ3) is 2.12. The highest BCUT2D eigenvalue weighted by atomic mass is 19.1. The van der Waals surface area contributed by atoms with Gasteiger partial charge in [-0.05, 0) is 30.5 Å². The number of carbonyl (C=O) groups is 1. The highest BCUT2D eigenvalue weighted by Gasteiger charge is 2.37. The normalized spacial score (nSPS) is 26.4. The van der Waals surface area contributed by atoms with E-state index >= 15 is 0 Å². The van der Waals surface area contributed by atoms with Gasteiger partial charge in [0.25, 0.3) is 0 Å². The monoisotopic (exact) mass is 248 g/mol. The number of rotatable bonds is 2. The molecule has 2 saturated heterocycles. The first-order valence-corrected chi connectivity index (χ1v) is 6.48. The van der Waals surface area contributed by atoms with Crippen LogP contribution < -0.4 is 5.32 Å². The van der Waals surface area contributed by atoms with Crippen molar-refractivity contribution >= 4 is 5.91 Å². The number of nitrogens with zero attached hydrogens (tertiary/aromatic N) is 1. The van der Waals surface area contributed by atoms with Crippen LogP contribution in [0.5, 0.6) is 0 Å². The van der Waals surface area contributed by atoms with E-state index in [-0.39, 0.29) is 18.1 Å². The van der Waals surface area contributed by atoms with Gasteiger partial charge >= 0.3 is 0 Å². The van der Waals surface area contributed by atoms with Crippen LogP contribution in [0, 0.1) is 11.7 Å². The number of amides is 1. The largest absolute Gasteiger partial charge is 0.340 e. The molecule has 0 spiro atoms. The molecule has 1 amide bonds. The van der Waals surface area contributed by atoms with E-state index in [2.05, 4.69) is 5.32 Å². The Balaban J connectivity index is 1.64.